The molecule has 3 heterocycles. The lowest BCUT2D eigenvalue weighted by Gasteiger charge is -2.07. The molecule has 3 aromatic heterocycles. The maximum absolute atomic E-state index is 13.2. The number of carbonyl (C=O) groups is 1. The Morgan fingerprint density at radius 2 is 2.20 bits per heavy atom. The van der Waals surface area contributed by atoms with E-state index in [1.807, 2.05) is 0 Å². The molecule has 0 aromatic carbocycles. The van der Waals surface area contributed by atoms with Crippen LogP contribution in [0.3, 0.4) is 0 Å². The van der Waals surface area contributed by atoms with Gasteiger partial charge in [0.05, 0.1) is 19.5 Å². The second-order valence-electron chi connectivity index (χ2n) is 5.69. The van der Waals surface area contributed by atoms with Crippen molar-refractivity contribution in [2.75, 3.05) is 12.4 Å². The minimum atomic E-state index is -2.83. The number of rotatable bonds is 5. The molecule has 10 heteroatoms. The Labute approximate surface area is 140 Å². The van der Waals surface area contributed by atoms with E-state index in [9.17, 15) is 13.6 Å². The van der Waals surface area contributed by atoms with Crippen LogP contribution in [-0.4, -0.2) is 37.4 Å². The van der Waals surface area contributed by atoms with Crippen LogP contribution < -0.4 is 10.1 Å². The standard InChI is InChI=1S/C15H14F2N6O2/c1-25-10-6-18-23(15(16)17)13(10)9-4-5-12-19-11(7-22(12)21-9)20-14(24)8-2-3-8/h4-8,15H,2-3H2,1H3,(H,20,24). The van der Waals surface area contributed by atoms with Crippen molar-refractivity contribution in [3.05, 3.63) is 24.5 Å². The SMILES string of the molecule is COc1cnn(C(F)F)c1-c1ccc2nc(NC(=O)C3CC3)cn2n1. The third-order valence-corrected chi connectivity index (χ3v) is 3.93. The zero-order chi connectivity index (χ0) is 17.6. The summed E-state index contributed by atoms with van der Waals surface area (Å²) in [7, 11) is 1.37. The second-order valence-corrected chi connectivity index (χ2v) is 5.69. The molecular weight excluding hydrogens is 334 g/mol. The minimum Gasteiger partial charge on any atom is -0.493 e. The third-order valence-electron chi connectivity index (χ3n) is 3.93. The summed E-state index contributed by atoms with van der Waals surface area (Å²) in [4.78, 5) is 16.1. The number of hydrogen-bond acceptors (Lipinski definition) is 5. The number of amides is 1. The number of alkyl halides is 2. The number of halogens is 2. The van der Waals surface area contributed by atoms with Crippen molar-refractivity contribution < 1.29 is 18.3 Å². The molecule has 25 heavy (non-hydrogen) atoms. The van der Waals surface area contributed by atoms with Crippen LogP contribution in [0.15, 0.2) is 24.5 Å². The van der Waals surface area contributed by atoms with Crippen LogP contribution in [0, 0.1) is 5.92 Å². The van der Waals surface area contributed by atoms with E-state index in [0.29, 0.717) is 16.1 Å². The monoisotopic (exact) mass is 348 g/mol. The van der Waals surface area contributed by atoms with E-state index in [1.165, 1.54) is 24.0 Å². The summed E-state index contributed by atoms with van der Waals surface area (Å²) in [6.45, 7) is -2.83. The fraction of sp³-hybridized carbons (Fsp3) is 0.333. The molecule has 1 N–H and O–H groups in total. The fourth-order valence-electron chi connectivity index (χ4n) is 2.53. The van der Waals surface area contributed by atoms with Crippen molar-refractivity contribution in [1.82, 2.24) is 24.4 Å². The minimum absolute atomic E-state index is 0.0537. The molecule has 1 amide bonds. The van der Waals surface area contributed by atoms with Gasteiger partial charge in [-0.15, -0.1) is 0 Å². The molecule has 0 radical (unpaired) electrons. The first-order valence-electron chi connectivity index (χ1n) is 7.64. The van der Waals surface area contributed by atoms with Crippen LogP contribution in [-0.2, 0) is 4.79 Å². The van der Waals surface area contributed by atoms with Gasteiger partial charge in [-0.25, -0.2) is 9.50 Å². The molecule has 1 fully saturated rings. The van der Waals surface area contributed by atoms with Crippen LogP contribution in [0.2, 0.25) is 0 Å². The molecule has 1 aliphatic carbocycles. The largest absolute Gasteiger partial charge is 0.493 e. The number of aromatic nitrogens is 5. The predicted octanol–water partition coefficient (Wildman–Crippen LogP) is 2.34. The molecule has 0 aliphatic heterocycles. The molecular formula is C15H14F2N6O2. The van der Waals surface area contributed by atoms with Gasteiger partial charge in [0.2, 0.25) is 5.91 Å². The number of methoxy groups -OCH3 is 1. The van der Waals surface area contributed by atoms with Crippen LogP contribution in [0.5, 0.6) is 5.75 Å². The first-order chi connectivity index (χ1) is 12.1. The maximum atomic E-state index is 13.2. The van der Waals surface area contributed by atoms with E-state index >= 15 is 0 Å². The molecule has 0 atom stereocenters. The van der Waals surface area contributed by atoms with Crippen molar-refractivity contribution in [2.45, 2.75) is 19.4 Å². The molecule has 8 nitrogen and oxygen atoms in total. The van der Waals surface area contributed by atoms with Crippen molar-refractivity contribution >= 4 is 17.4 Å². The van der Waals surface area contributed by atoms with E-state index < -0.39 is 6.55 Å². The van der Waals surface area contributed by atoms with E-state index in [4.69, 9.17) is 4.74 Å². The number of imidazole rings is 1. The molecule has 3 aromatic rings. The number of anilines is 1. The molecule has 1 saturated carbocycles. The van der Waals surface area contributed by atoms with Gasteiger partial charge in [0, 0.05) is 5.92 Å². The lowest BCUT2D eigenvalue weighted by atomic mass is 10.2. The van der Waals surface area contributed by atoms with Gasteiger partial charge in [-0.3, -0.25) is 4.79 Å². The molecule has 0 bridgehead atoms. The highest BCUT2D eigenvalue weighted by molar-refractivity contribution is 5.93. The van der Waals surface area contributed by atoms with Crippen molar-refractivity contribution in [3.8, 4) is 17.1 Å². The van der Waals surface area contributed by atoms with Crippen LogP contribution in [0.1, 0.15) is 19.4 Å². The average molecular weight is 348 g/mol. The Hall–Kier alpha value is -3.04. The topological polar surface area (TPSA) is 86.3 Å². The van der Waals surface area contributed by atoms with Gasteiger partial charge < -0.3 is 10.1 Å². The third kappa shape index (κ3) is 2.79. The van der Waals surface area contributed by atoms with Gasteiger partial charge in [0.25, 0.3) is 0 Å². The molecule has 0 saturated heterocycles. The summed E-state index contributed by atoms with van der Waals surface area (Å²) in [5.74, 6) is 0.546. The fourth-order valence-corrected chi connectivity index (χ4v) is 2.53. The van der Waals surface area contributed by atoms with Crippen molar-refractivity contribution in [1.29, 1.82) is 0 Å². The summed E-state index contributed by atoms with van der Waals surface area (Å²) < 4.78 is 33.4. The zero-order valence-corrected chi connectivity index (χ0v) is 13.2. The Kier molecular flexibility index (Phi) is 3.59. The number of nitrogens with one attached hydrogen (secondary N) is 1. The van der Waals surface area contributed by atoms with E-state index in [0.717, 1.165) is 12.8 Å². The van der Waals surface area contributed by atoms with Gasteiger partial charge in [0.15, 0.2) is 17.2 Å². The maximum Gasteiger partial charge on any atom is 0.333 e. The summed E-state index contributed by atoms with van der Waals surface area (Å²) in [6.07, 6.45) is 4.52. The lowest BCUT2D eigenvalue weighted by molar-refractivity contribution is -0.117. The van der Waals surface area contributed by atoms with Gasteiger partial charge in [-0.2, -0.15) is 23.7 Å². The number of hydrogen-bond donors (Lipinski definition) is 1. The Morgan fingerprint density at radius 1 is 1.40 bits per heavy atom. The summed E-state index contributed by atoms with van der Waals surface area (Å²) in [5, 5.41) is 10.6. The summed E-state index contributed by atoms with van der Waals surface area (Å²) in [6, 6.07) is 3.17. The zero-order valence-electron chi connectivity index (χ0n) is 13.2. The highest BCUT2D eigenvalue weighted by Crippen LogP contribution is 2.32. The molecule has 4 rings (SSSR count). The number of nitrogens with zero attached hydrogens (tertiary/aromatic N) is 5. The van der Waals surface area contributed by atoms with Crippen LogP contribution >= 0.6 is 0 Å². The summed E-state index contributed by atoms with van der Waals surface area (Å²) >= 11 is 0. The number of fused-ring (bicyclic) bond motifs is 1. The highest BCUT2D eigenvalue weighted by atomic mass is 19.3. The quantitative estimate of drug-likeness (QED) is 0.765. The molecule has 0 spiro atoms. The average Bonchev–Trinajstić information content (AvgIpc) is 3.22. The first-order valence-corrected chi connectivity index (χ1v) is 7.64. The molecule has 0 unspecified atom stereocenters. The van der Waals surface area contributed by atoms with Crippen molar-refractivity contribution in [3.63, 3.8) is 0 Å². The van der Waals surface area contributed by atoms with Gasteiger partial charge >= 0.3 is 6.55 Å². The van der Waals surface area contributed by atoms with E-state index in [2.05, 4.69) is 20.5 Å². The molecule has 1 aliphatic rings. The lowest BCUT2D eigenvalue weighted by Crippen LogP contribution is -2.13. The normalized spacial score (nSPS) is 14.2. The number of carbonyl (C=O) groups excluding carboxylic acids is 1. The smallest absolute Gasteiger partial charge is 0.333 e. The van der Waals surface area contributed by atoms with Gasteiger partial charge in [-0.1, -0.05) is 0 Å². The van der Waals surface area contributed by atoms with Gasteiger partial charge in [-0.05, 0) is 25.0 Å². The van der Waals surface area contributed by atoms with Crippen LogP contribution in [0.25, 0.3) is 17.0 Å². The van der Waals surface area contributed by atoms with Crippen LogP contribution in [0.4, 0.5) is 14.6 Å². The van der Waals surface area contributed by atoms with E-state index in [-0.39, 0.29) is 29.0 Å². The molecule has 130 valence electrons. The second kappa shape index (κ2) is 5.80. The highest BCUT2D eigenvalue weighted by Gasteiger charge is 2.30. The number of ether oxygens (including phenoxy) is 1. The Bertz CT molecular complexity index is 947. The summed E-state index contributed by atoms with van der Waals surface area (Å²) in [5.41, 5.74) is 0.799. The Morgan fingerprint density at radius 3 is 2.88 bits per heavy atom. The predicted molar refractivity (Wildman–Crippen MR) is 83.4 cm³/mol. The Balaban J connectivity index is 1.71. The van der Waals surface area contributed by atoms with Crippen molar-refractivity contribution in [2.24, 2.45) is 5.92 Å². The first kappa shape index (κ1) is 15.5. The van der Waals surface area contributed by atoms with E-state index in [1.54, 1.807) is 12.1 Å². The van der Waals surface area contributed by atoms with Gasteiger partial charge in [0.1, 0.15) is 11.4 Å².